The normalized spacial score (nSPS) is 12.9. The van der Waals surface area contributed by atoms with Crippen molar-refractivity contribution >= 4 is 17.6 Å². The smallest absolute Gasteiger partial charge is 0.320 e. The maximum atomic E-state index is 12.3. The lowest BCUT2D eigenvalue weighted by Crippen LogP contribution is -2.41. The molecule has 0 aromatic carbocycles. The van der Waals surface area contributed by atoms with Crippen LogP contribution in [0.4, 0.5) is 0 Å². The average Bonchev–Trinajstić information content (AvgIpc) is 2.48. The predicted octanol–water partition coefficient (Wildman–Crippen LogP) is 2.23. The van der Waals surface area contributed by atoms with Gasteiger partial charge in [0, 0.05) is 12.3 Å². The molecule has 1 heterocycles. The molecule has 0 amide bonds. The fourth-order valence-electron chi connectivity index (χ4n) is 1.80. The standard InChI is InChI=1S/C14H14ClN3O3/c1-4-21-13(19)14(2,9(6-16)7-17)12-5-11(20-3)10(15)8-18-12/h5,8-9H,4H2,1-3H3. The maximum absolute atomic E-state index is 12.3. The summed E-state index contributed by atoms with van der Waals surface area (Å²) in [6.07, 6.45) is 1.30. The summed E-state index contributed by atoms with van der Waals surface area (Å²) in [5, 5.41) is 18.6. The van der Waals surface area contributed by atoms with Crippen LogP contribution in [0.3, 0.4) is 0 Å². The minimum atomic E-state index is -1.53. The second-order valence-corrected chi connectivity index (χ2v) is 4.73. The zero-order valence-corrected chi connectivity index (χ0v) is 12.6. The van der Waals surface area contributed by atoms with Crippen LogP contribution in [-0.2, 0) is 14.9 Å². The first-order chi connectivity index (χ1) is 9.95. The summed E-state index contributed by atoms with van der Waals surface area (Å²) < 4.78 is 10.1. The third-order valence-electron chi connectivity index (χ3n) is 3.11. The highest BCUT2D eigenvalue weighted by molar-refractivity contribution is 6.31. The van der Waals surface area contributed by atoms with E-state index in [0.717, 1.165) is 0 Å². The van der Waals surface area contributed by atoms with Gasteiger partial charge in [-0.2, -0.15) is 10.5 Å². The van der Waals surface area contributed by atoms with Gasteiger partial charge >= 0.3 is 5.97 Å². The van der Waals surface area contributed by atoms with Crippen molar-refractivity contribution in [2.24, 2.45) is 5.92 Å². The largest absolute Gasteiger partial charge is 0.495 e. The molecule has 1 rings (SSSR count). The Hall–Kier alpha value is -2.31. The molecule has 1 atom stereocenters. The van der Waals surface area contributed by atoms with Gasteiger partial charge in [-0.25, -0.2) is 0 Å². The van der Waals surface area contributed by atoms with Crippen LogP contribution in [0.15, 0.2) is 12.3 Å². The number of methoxy groups -OCH3 is 1. The Kier molecular flexibility index (Phi) is 5.52. The van der Waals surface area contributed by atoms with Gasteiger partial charge in [-0.1, -0.05) is 11.6 Å². The van der Waals surface area contributed by atoms with E-state index < -0.39 is 17.3 Å². The quantitative estimate of drug-likeness (QED) is 0.774. The first kappa shape index (κ1) is 16.7. The highest BCUT2D eigenvalue weighted by atomic mass is 35.5. The van der Waals surface area contributed by atoms with Crippen LogP contribution in [0.2, 0.25) is 5.02 Å². The summed E-state index contributed by atoms with van der Waals surface area (Å²) in [5.74, 6) is -1.66. The Morgan fingerprint density at radius 2 is 2.14 bits per heavy atom. The lowest BCUT2D eigenvalue weighted by atomic mass is 9.75. The van der Waals surface area contributed by atoms with Crippen molar-refractivity contribution in [3.63, 3.8) is 0 Å². The number of hydrogen-bond acceptors (Lipinski definition) is 6. The molecule has 0 aliphatic rings. The maximum Gasteiger partial charge on any atom is 0.320 e. The highest BCUT2D eigenvalue weighted by Crippen LogP contribution is 2.35. The number of ether oxygens (including phenoxy) is 2. The van der Waals surface area contributed by atoms with Crippen LogP contribution in [0.1, 0.15) is 19.5 Å². The number of carbonyl (C=O) groups is 1. The zero-order chi connectivity index (χ0) is 16.0. The van der Waals surface area contributed by atoms with Crippen LogP contribution in [0.25, 0.3) is 0 Å². The number of aromatic nitrogens is 1. The number of nitrogens with zero attached hydrogens (tertiary/aromatic N) is 3. The summed E-state index contributed by atoms with van der Waals surface area (Å²) in [6.45, 7) is 3.21. The first-order valence-electron chi connectivity index (χ1n) is 6.12. The summed E-state index contributed by atoms with van der Waals surface area (Å²) in [5.41, 5.74) is -1.34. The van der Waals surface area contributed by atoms with E-state index in [-0.39, 0.29) is 17.3 Å². The molecule has 0 N–H and O–H groups in total. The molecular formula is C14H14ClN3O3. The fourth-order valence-corrected chi connectivity index (χ4v) is 1.98. The van der Waals surface area contributed by atoms with Crippen molar-refractivity contribution < 1.29 is 14.3 Å². The lowest BCUT2D eigenvalue weighted by Gasteiger charge is -2.27. The number of halogens is 1. The van der Waals surface area contributed by atoms with Gasteiger partial charge in [0.05, 0.1) is 31.5 Å². The van der Waals surface area contributed by atoms with Crippen molar-refractivity contribution in [2.45, 2.75) is 19.3 Å². The Bertz CT molecular complexity index is 607. The molecule has 0 saturated carbocycles. The number of carbonyl (C=O) groups excluding carboxylic acids is 1. The number of nitriles is 2. The highest BCUT2D eigenvalue weighted by Gasteiger charge is 2.47. The molecule has 1 unspecified atom stereocenters. The molecule has 0 spiro atoms. The Morgan fingerprint density at radius 1 is 1.52 bits per heavy atom. The molecule has 21 heavy (non-hydrogen) atoms. The van der Waals surface area contributed by atoms with Crippen molar-refractivity contribution in [1.82, 2.24) is 4.98 Å². The monoisotopic (exact) mass is 307 g/mol. The average molecular weight is 308 g/mol. The van der Waals surface area contributed by atoms with Gasteiger partial charge < -0.3 is 9.47 Å². The van der Waals surface area contributed by atoms with E-state index in [2.05, 4.69) is 4.98 Å². The van der Waals surface area contributed by atoms with Gasteiger partial charge in [0.25, 0.3) is 0 Å². The van der Waals surface area contributed by atoms with Crippen molar-refractivity contribution in [2.75, 3.05) is 13.7 Å². The van der Waals surface area contributed by atoms with Gasteiger partial charge in [-0.05, 0) is 13.8 Å². The van der Waals surface area contributed by atoms with Crippen LogP contribution in [0.5, 0.6) is 5.75 Å². The van der Waals surface area contributed by atoms with Crippen molar-refractivity contribution in [1.29, 1.82) is 10.5 Å². The molecular weight excluding hydrogens is 294 g/mol. The molecule has 1 aromatic heterocycles. The molecule has 110 valence electrons. The van der Waals surface area contributed by atoms with Gasteiger partial charge in [0.15, 0.2) is 5.92 Å². The lowest BCUT2D eigenvalue weighted by molar-refractivity contribution is -0.150. The second kappa shape index (κ2) is 6.92. The third kappa shape index (κ3) is 3.07. The van der Waals surface area contributed by atoms with E-state index in [1.54, 1.807) is 19.1 Å². The third-order valence-corrected chi connectivity index (χ3v) is 3.39. The number of esters is 1. The van der Waals surface area contributed by atoms with Gasteiger partial charge in [0.1, 0.15) is 16.2 Å². The van der Waals surface area contributed by atoms with E-state index in [1.807, 2.05) is 0 Å². The summed E-state index contributed by atoms with van der Waals surface area (Å²) in [7, 11) is 1.42. The summed E-state index contributed by atoms with van der Waals surface area (Å²) in [4.78, 5) is 16.3. The van der Waals surface area contributed by atoms with E-state index in [4.69, 9.17) is 31.6 Å². The van der Waals surface area contributed by atoms with Crippen LogP contribution >= 0.6 is 11.6 Å². The molecule has 0 saturated heterocycles. The number of hydrogen-bond donors (Lipinski definition) is 0. The fraction of sp³-hybridized carbons (Fsp3) is 0.429. The topological polar surface area (TPSA) is 96.0 Å². The van der Waals surface area contributed by atoms with Crippen LogP contribution in [0, 0.1) is 28.6 Å². The molecule has 7 heteroatoms. The number of rotatable bonds is 5. The van der Waals surface area contributed by atoms with Gasteiger partial charge in [-0.3, -0.25) is 9.78 Å². The first-order valence-corrected chi connectivity index (χ1v) is 6.49. The van der Waals surface area contributed by atoms with Gasteiger partial charge in [-0.15, -0.1) is 0 Å². The van der Waals surface area contributed by atoms with E-state index >= 15 is 0 Å². The Balaban J connectivity index is 3.48. The van der Waals surface area contributed by atoms with E-state index in [1.165, 1.54) is 26.3 Å². The molecule has 0 fully saturated rings. The molecule has 0 aliphatic heterocycles. The predicted molar refractivity (Wildman–Crippen MR) is 74.5 cm³/mol. The minimum Gasteiger partial charge on any atom is -0.495 e. The molecule has 0 aliphatic carbocycles. The second-order valence-electron chi connectivity index (χ2n) is 4.32. The zero-order valence-electron chi connectivity index (χ0n) is 11.9. The SMILES string of the molecule is CCOC(=O)C(C)(c1cc(OC)c(Cl)cn1)C(C#N)C#N. The Labute approximate surface area is 127 Å². The van der Waals surface area contributed by atoms with E-state index in [0.29, 0.717) is 5.75 Å². The Morgan fingerprint density at radius 3 is 2.62 bits per heavy atom. The summed E-state index contributed by atoms with van der Waals surface area (Å²) >= 11 is 5.90. The van der Waals surface area contributed by atoms with Crippen molar-refractivity contribution in [3.05, 3.63) is 23.0 Å². The van der Waals surface area contributed by atoms with Crippen molar-refractivity contribution in [3.8, 4) is 17.9 Å². The minimum absolute atomic E-state index is 0.128. The van der Waals surface area contributed by atoms with E-state index in [9.17, 15) is 4.79 Å². The molecule has 0 bridgehead atoms. The van der Waals surface area contributed by atoms with Crippen LogP contribution < -0.4 is 4.74 Å². The van der Waals surface area contributed by atoms with Gasteiger partial charge in [0.2, 0.25) is 0 Å². The summed E-state index contributed by atoms with van der Waals surface area (Å²) in [6, 6.07) is 5.04. The van der Waals surface area contributed by atoms with Crippen LogP contribution in [-0.4, -0.2) is 24.7 Å². The number of pyridine rings is 1. The molecule has 6 nitrogen and oxygen atoms in total. The molecule has 1 aromatic rings. The molecule has 0 radical (unpaired) electrons.